The fourth-order valence-electron chi connectivity index (χ4n) is 2.77. The van der Waals surface area contributed by atoms with E-state index >= 15 is 0 Å². The first-order valence-electron chi connectivity index (χ1n) is 7.49. The molecule has 1 saturated heterocycles. The van der Waals surface area contributed by atoms with Crippen molar-refractivity contribution >= 4 is 51.3 Å². The van der Waals surface area contributed by atoms with Crippen LogP contribution in [0.25, 0.3) is 0 Å². The first-order chi connectivity index (χ1) is 10.2. The molecule has 2 aromatic carbocycles. The van der Waals surface area contributed by atoms with E-state index in [-0.39, 0.29) is 34.0 Å². The molecule has 0 N–H and O–H groups in total. The van der Waals surface area contributed by atoms with Gasteiger partial charge in [-0.2, -0.15) is 0 Å². The number of nitrogens with zero attached hydrogens (tertiary/aromatic N) is 2. The van der Waals surface area contributed by atoms with Gasteiger partial charge in [-0.15, -0.1) is 34.0 Å². The monoisotopic (exact) mass is 460 g/mol. The van der Waals surface area contributed by atoms with Gasteiger partial charge in [-0.25, -0.2) is 0 Å². The number of rotatable bonds is 3. The fourth-order valence-corrected chi connectivity index (χ4v) is 2.89. The molecule has 0 bridgehead atoms. The van der Waals surface area contributed by atoms with E-state index in [9.17, 15) is 0 Å². The number of halogens is 3. The van der Waals surface area contributed by atoms with Gasteiger partial charge in [-0.3, -0.25) is 4.90 Å². The summed E-state index contributed by atoms with van der Waals surface area (Å²) in [6.07, 6.45) is 0. The molecule has 1 aliphatic rings. The Balaban J connectivity index is 0.00000132. The summed E-state index contributed by atoms with van der Waals surface area (Å²) >= 11 is 5.95. The van der Waals surface area contributed by atoms with Crippen LogP contribution >= 0.6 is 45.6 Å². The summed E-state index contributed by atoms with van der Waals surface area (Å²) in [5.74, 6) is 0. The van der Waals surface area contributed by atoms with Gasteiger partial charge in [0.05, 0.1) is 0 Å². The quantitative estimate of drug-likeness (QED) is 0.624. The number of hydrogen-bond donors (Lipinski definition) is 0. The van der Waals surface area contributed by atoms with E-state index in [1.165, 1.54) is 16.8 Å². The van der Waals surface area contributed by atoms with Crippen molar-refractivity contribution in [3.05, 3.63) is 64.7 Å². The lowest BCUT2D eigenvalue weighted by atomic mass is 10.1. The van der Waals surface area contributed by atoms with Crippen molar-refractivity contribution < 1.29 is 0 Å². The van der Waals surface area contributed by atoms with Crippen molar-refractivity contribution in [2.24, 2.45) is 0 Å². The van der Waals surface area contributed by atoms with Gasteiger partial charge in [0.15, 0.2) is 0 Å². The van der Waals surface area contributed by atoms with Gasteiger partial charge in [0.1, 0.15) is 0 Å². The zero-order valence-electron chi connectivity index (χ0n) is 13.2. The standard InChI is InChI=1S/C18H21ClN2.2BrH/c1-15-2-4-16(5-3-15)14-20-10-12-21(13-11-20)18-8-6-17(19)7-9-18;;/h2-9H,10-14H2,1H3;2*1H. The topological polar surface area (TPSA) is 6.48 Å². The van der Waals surface area contributed by atoms with E-state index in [0.717, 1.165) is 37.7 Å². The van der Waals surface area contributed by atoms with Crippen LogP contribution in [0.2, 0.25) is 5.02 Å². The van der Waals surface area contributed by atoms with Gasteiger partial charge in [0.2, 0.25) is 0 Å². The van der Waals surface area contributed by atoms with E-state index in [1.54, 1.807) is 0 Å². The van der Waals surface area contributed by atoms with Crippen molar-refractivity contribution in [1.82, 2.24) is 4.90 Å². The fraction of sp³-hybridized carbons (Fsp3) is 0.333. The smallest absolute Gasteiger partial charge is 0.0407 e. The molecule has 1 aliphatic heterocycles. The van der Waals surface area contributed by atoms with Crippen LogP contribution in [-0.2, 0) is 6.54 Å². The lowest BCUT2D eigenvalue weighted by Crippen LogP contribution is -2.45. The largest absolute Gasteiger partial charge is 0.369 e. The highest BCUT2D eigenvalue weighted by molar-refractivity contribution is 8.93. The summed E-state index contributed by atoms with van der Waals surface area (Å²) in [5.41, 5.74) is 4.00. The second-order valence-electron chi connectivity index (χ2n) is 5.73. The van der Waals surface area contributed by atoms with E-state index < -0.39 is 0 Å². The number of aryl methyl sites for hydroxylation is 1. The average molecular weight is 463 g/mol. The van der Waals surface area contributed by atoms with Gasteiger partial charge in [0, 0.05) is 43.4 Å². The minimum absolute atomic E-state index is 0. The molecule has 5 heteroatoms. The third-order valence-electron chi connectivity index (χ3n) is 4.09. The van der Waals surface area contributed by atoms with Crippen LogP contribution in [0.5, 0.6) is 0 Å². The normalized spacial score (nSPS) is 14.8. The maximum atomic E-state index is 5.95. The second kappa shape index (κ2) is 9.67. The Morgan fingerprint density at radius 2 is 1.39 bits per heavy atom. The van der Waals surface area contributed by atoms with Crippen LogP contribution in [0.4, 0.5) is 5.69 Å². The third-order valence-corrected chi connectivity index (χ3v) is 4.34. The Morgan fingerprint density at radius 1 is 0.826 bits per heavy atom. The molecule has 1 heterocycles. The lowest BCUT2D eigenvalue weighted by Gasteiger charge is -2.36. The Labute approximate surface area is 165 Å². The van der Waals surface area contributed by atoms with E-state index in [0.29, 0.717) is 0 Å². The highest BCUT2D eigenvalue weighted by atomic mass is 79.9. The number of anilines is 1. The van der Waals surface area contributed by atoms with Gasteiger partial charge in [-0.05, 0) is 36.8 Å². The van der Waals surface area contributed by atoms with Gasteiger partial charge in [-0.1, -0.05) is 41.4 Å². The van der Waals surface area contributed by atoms with Crippen molar-refractivity contribution in [2.45, 2.75) is 13.5 Å². The minimum atomic E-state index is 0. The first kappa shape index (κ1) is 20.5. The van der Waals surface area contributed by atoms with Crippen molar-refractivity contribution in [3.8, 4) is 0 Å². The van der Waals surface area contributed by atoms with Crippen LogP contribution in [0.1, 0.15) is 11.1 Å². The molecule has 2 aromatic rings. The molecule has 0 spiro atoms. The molecule has 0 aliphatic carbocycles. The lowest BCUT2D eigenvalue weighted by molar-refractivity contribution is 0.250. The molecule has 2 nitrogen and oxygen atoms in total. The SMILES string of the molecule is Br.Br.Cc1ccc(CN2CCN(c3ccc(Cl)cc3)CC2)cc1. The van der Waals surface area contributed by atoms with Crippen LogP contribution in [0.3, 0.4) is 0 Å². The third kappa shape index (κ3) is 5.79. The summed E-state index contributed by atoms with van der Waals surface area (Å²) in [7, 11) is 0. The molecule has 0 aromatic heterocycles. The highest BCUT2D eigenvalue weighted by Gasteiger charge is 2.17. The summed E-state index contributed by atoms with van der Waals surface area (Å²) < 4.78 is 0. The number of benzene rings is 2. The van der Waals surface area contributed by atoms with E-state index in [2.05, 4.69) is 53.1 Å². The molecule has 0 unspecified atom stereocenters. The first-order valence-corrected chi connectivity index (χ1v) is 7.87. The Bertz CT molecular complexity index is 579. The predicted molar refractivity (Wildman–Crippen MR) is 111 cm³/mol. The van der Waals surface area contributed by atoms with Crippen LogP contribution in [0.15, 0.2) is 48.5 Å². The van der Waals surface area contributed by atoms with Crippen LogP contribution in [0, 0.1) is 6.92 Å². The van der Waals surface area contributed by atoms with Gasteiger partial charge >= 0.3 is 0 Å². The molecule has 3 rings (SSSR count). The van der Waals surface area contributed by atoms with E-state index in [4.69, 9.17) is 11.6 Å². The van der Waals surface area contributed by atoms with Crippen molar-refractivity contribution in [2.75, 3.05) is 31.1 Å². The molecular weight excluding hydrogens is 439 g/mol. The number of piperazine rings is 1. The van der Waals surface area contributed by atoms with Crippen molar-refractivity contribution in [1.29, 1.82) is 0 Å². The van der Waals surface area contributed by atoms with Crippen LogP contribution < -0.4 is 4.90 Å². The average Bonchev–Trinajstić information content (AvgIpc) is 2.51. The summed E-state index contributed by atoms with van der Waals surface area (Å²) in [6, 6.07) is 17.0. The summed E-state index contributed by atoms with van der Waals surface area (Å²) in [6.45, 7) is 7.55. The zero-order chi connectivity index (χ0) is 14.7. The molecule has 0 saturated carbocycles. The highest BCUT2D eigenvalue weighted by Crippen LogP contribution is 2.20. The van der Waals surface area contributed by atoms with Gasteiger partial charge < -0.3 is 4.90 Å². The molecule has 0 atom stereocenters. The Kier molecular flexibility index (Phi) is 8.62. The molecule has 1 fully saturated rings. The molecular formula is C18H23Br2ClN2. The van der Waals surface area contributed by atoms with Crippen LogP contribution in [-0.4, -0.2) is 31.1 Å². The maximum absolute atomic E-state index is 5.95. The second-order valence-corrected chi connectivity index (χ2v) is 6.16. The molecule has 126 valence electrons. The summed E-state index contributed by atoms with van der Waals surface area (Å²) in [4.78, 5) is 4.96. The zero-order valence-corrected chi connectivity index (χ0v) is 17.4. The molecule has 0 amide bonds. The maximum Gasteiger partial charge on any atom is 0.0407 e. The summed E-state index contributed by atoms with van der Waals surface area (Å²) in [5, 5.41) is 0.803. The Hall–Kier alpha value is -0.550. The molecule has 23 heavy (non-hydrogen) atoms. The van der Waals surface area contributed by atoms with E-state index in [1.807, 2.05) is 12.1 Å². The minimum Gasteiger partial charge on any atom is -0.369 e. The Morgan fingerprint density at radius 3 is 1.96 bits per heavy atom. The van der Waals surface area contributed by atoms with Crippen molar-refractivity contribution in [3.63, 3.8) is 0 Å². The molecule has 0 radical (unpaired) electrons. The number of hydrogen-bond acceptors (Lipinski definition) is 2. The predicted octanol–water partition coefficient (Wildman–Crippen LogP) is 5.13. The van der Waals surface area contributed by atoms with Gasteiger partial charge in [0.25, 0.3) is 0 Å².